The molecule has 0 aromatic carbocycles. The first kappa shape index (κ1) is 14.2. The lowest BCUT2D eigenvalue weighted by Crippen LogP contribution is -2.29. The van der Waals surface area contributed by atoms with Crippen molar-refractivity contribution in [2.24, 2.45) is 0 Å². The van der Waals surface area contributed by atoms with E-state index in [-0.39, 0.29) is 0 Å². The average Bonchev–Trinajstić information content (AvgIpc) is 2.35. The van der Waals surface area contributed by atoms with E-state index in [4.69, 9.17) is 0 Å². The van der Waals surface area contributed by atoms with E-state index < -0.39 is 0 Å². The number of nitrogens with zero attached hydrogens (tertiary/aromatic N) is 2. The minimum atomic E-state index is 0.543. The molecule has 1 heterocycles. The monoisotopic (exact) mass is 253 g/mol. The van der Waals surface area contributed by atoms with Crippen LogP contribution < -0.4 is 10.2 Å². The molecule has 1 aromatic rings. The molecule has 1 N–H and O–H groups in total. The molecule has 0 saturated carbocycles. The zero-order chi connectivity index (χ0) is 12.7. The molecule has 0 bridgehead atoms. The van der Waals surface area contributed by atoms with E-state index in [0.717, 1.165) is 12.2 Å². The first-order valence-corrected chi connectivity index (χ1v) is 7.49. The number of anilines is 2. The largest absolute Gasteiger partial charge is 0.384 e. The predicted octanol–water partition coefficient (Wildman–Crippen LogP) is 3.09. The van der Waals surface area contributed by atoms with Gasteiger partial charge in [-0.3, -0.25) is 4.98 Å². The van der Waals surface area contributed by atoms with Crippen LogP contribution in [-0.2, 0) is 0 Å². The highest BCUT2D eigenvalue weighted by Crippen LogP contribution is 2.20. The molecule has 0 fully saturated rings. The summed E-state index contributed by atoms with van der Waals surface area (Å²) in [5, 5.41) is 3.29. The first-order chi connectivity index (χ1) is 8.19. The molecule has 1 rings (SSSR count). The number of rotatable bonds is 7. The average molecular weight is 253 g/mol. The van der Waals surface area contributed by atoms with Gasteiger partial charge in [0, 0.05) is 19.6 Å². The van der Waals surface area contributed by atoms with Crippen molar-refractivity contribution >= 4 is 23.1 Å². The summed E-state index contributed by atoms with van der Waals surface area (Å²) in [6, 6.07) is 2.70. The fourth-order valence-corrected chi connectivity index (χ4v) is 2.23. The number of hydrogen-bond donors (Lipinski definition) is 1. The Morgan fingerprint density at radius 1 is 1.47 bits per heavy atom. The Morgan fingerprint density at radius 3 is 2.88 bits per heavy atom. The summed E-state index contributed by atoms with van der Waals surface area (Å²) in [5.41, 5.74) is 2.27. The van der Waals surface area contributed by atoms with Crippen LogP contribution in [0.2, 0.25) is 0 Å². The molecular weight excluding hydrogens is 230 g/mol. The first-order valence-electron chi connectivity index (χ1n) is 6.09. The minimum Gasteiger partial charge on any atom is -0.384 e. The standard InChI is InChI=1S/C13H23N3S/c1-5-15-12-8-13(10-14-9-12)16(3)11(2)6-7-17-4/h8-11,15H,5-7H2,1-4H3. The zero-order valence-electron chi connectivity index (χ0n) is 11.2. The van der Waals surface area contributed by atoms with Crippen molar-refractivity contribution in [1.29, 1.82) is 0 Å². The molecule has 4 heteroatoms. The molecule has 0 radical (unpaired) electrons. The van der Waals surface area contributed by atoms with Crippen molar-refractivity contribution in [3.05, 3.63) is 18.5 Å². The lowest BCUT2D eigenvalue weighted by Gasteiger charge is -2.27. The Bertz CT molecular complexity index is 330. The second-order valence-corrected chi connectivity index (χ2v) is 5.19. The van der Waals surface area contributed by atoms with Gasteiger partial charge in [-0.15, -0.1) is 0 Å². The lowest BCUT2D eigenvalue weighted by atomic mass is 10.2. The highest BCUT2D eigenvalue weighted by Gasteiger charge is 2.10. The number of thioether (sulfide) groups is 1. The summed E-state index contributed by atoms with van der Waals surface area (Å²) in [6.45, 7) is 5.28. The molecule has 0 aliphatic carbocycles. The van der Waals surface area contributed by atoms with Gasteiger partial charge in [0.15, 0.2) is 0 Å². The van der Waals surface area contributed by atoms with Crippen molar-refractivity contribution in [1.82, 2.24) is 4.98 Å². The maximum atomic E-state index is 4.28. The number of pyridine rings is 1. The number of nitrogens with one attached hydrogen (secondary N) is 1. The Kier molecular flexibility index (Phi) is 6.19. The van der Waals surface area contributed by atoms with E-state index in [1.807, 2.05) is 24.2 Å². The van der Waals surface area contributed by atoms with E-state index >= 15 is 0 Å². The van der Waals surface area contributed by atoms with Crippen LogP contribution in [0.25, 0.3) is 0 Å². The quantitative estimate of drug-likeness (QED) is 0.808. The van der Waals surface area contributed by atoms with Gasteiger partial charge in [0.2, 0.25) is 0 Å². The number of aromatic nitrogens is 1. The van der Waals surface area contributed by atoms with Crippen molar-refractivity contribution < 1.29 is 0 Å². The molecule has 0 spiro atoms. The van der Waals surface area contributed by atoms with Crippen molar-refractivity contribution in [3.63, 3.8) is 0 Å². The summed E-state index contributed by atoms with van der Waals surface area (Å²) >= 11 is 1.90. The van der Waals surface area contributed by atoms with Crippen LogP contribution in [-0.4, -0.2) is 36.6 Å². The predicted molar refractivity (Wildman–Crippen MR) is 79.3 cm³/mol. The normalized spacial score (nSPS) is 12.2. The molecule has 0 aliphatic heterocycles. The van der Waals surface area contributed by atoms with Crippen LogP contribution in [0.3, 0.4) is 0 Å². The molecule has 0 aliphatic rings. The molecule has 3 nitrogen and oxygen atoms in total. The molecule has 0 saturated heterocycles. The molecule has 17 heavy (non-hydrogen) atoms. The maximum absolute atomic E-state index is 4.28. The van der Waals surface area contributed by atoms with Gasteiger partial charge in [-0.2, -0.15) is 11.8 Å². The smallest absolute Gasteiger partial charge is 0.0573 e. The van der Waals surface area contributed by atoms with E-state index in [1.54, 1.807) is 0 Å². The van der Waals surface area contributed by atoms with E-state index in [1.165, 1.54) is 17.9 Å². The zero-order valence-corrected chi connectivity index (χ0v) is 12.0. The Balaban J connectivity index is 2.66. The summed E-state index contributed by atoms with van der Waals surface area (Å²) in [4.78, 5) is 6.57. The van der Waals surface area contributed by atoms with Gasteiger partial charge >= 0.3 is 0 Å². The van der Waals surface area contributed by atoms with Gasteiger partial charge in [0.25, 0.3) is 0 Å². The van der Waals surface area contributed by atoms with Crippen LogP contribution in [0, 0.1) is 0 Å². The summed E-state index contributed by atoms with van der Waals surface area (Å²) in [7, 11) is 2.14. The Labute approximate surface area is 109 Å². The van der Waals surface area contributed by atoms with Gasteiger partial charge in [0.1, 0.15) is 0 Å². The summed E-state index contributed by atoms with van der Waals surface area (Å²) < 4.78 is 0. The Morgan fingerprint density at radius 2 is 2.24 bits per heavy atom. The molecule has 96 valence electrons. The topological polar surface area (TPSA) is 28.2 Å². The summed E-state index contributed by atoms with van der Waals surface area (Å²) in [6.07, 6.45) is 7.15. The fraction of sp³-hybridized carbons (Fsp3) is 0.615. The Hall–Kier alpha value is -0.900. The highest BCUT2D eigenvalue weighted by molar-refractivity contribution is 7.98. The van der Waals surface area contributed by atoms with E-state index in [9.17, 15) is 0 Å². The second kappa shape index (κ2) is 7.43. The molecular formula is C13H23N3S. The van der Waals surface area contributed by atoms with Gasteiger partial charge in [0.05, 0.1) is 23.8 Å². The third-order valence-electron chi connectivity index (χ3n) is 2.91. The third kappa shape index (κ3) is 4.46. The van der Waals surface area contributed by atoms with Gasteiger partial charge in [-0.05, 0) is 38.3 Å². The third-order valence-corrected chi connectivity index (χ3v) is 3.56. The van der Waals surface area contributed by atoms with Crippen LogP contribution in [0.1, 0.15) is 20.3 Å². The van der Waals surface area contributed by atoms with Gasteiger partial charge in [-0.25, -0.2) is 0 Å². The molecule has 1 unspecified atom stereocenters. The van der Waals surface area contributed by atoms with Crippen LogP contribution >= 0.6 is 11.8 Å². The van der Waals surface area contributed by atoms with Crippen LogP contribution in [0.15, 0.2) is 18.5 Å². The molecule has 0 amide bonds. The lowest BCUT2D eigenvalue weighted by molar-refractivity contribution is 0.668. The molecule has 1 atom stereocenters. The van der Waals surface area contributed by atoms with Crippen molar-refractivity contribution in [2.45, 2.75) is 26.3 Å². The van der Waals surface area contributed by atoms with Gasteiger partial charge < -0.3 is 10.2 Å². The fourth-order valence-electron chi connectivity index (χ4n) is 1.66. The van der Waals surface area contributed by atoms with Gasteiger partial charge in [-0.1, -0.05) is 0 Å². The highest BCUT2D eigenvalue weighted by atomic mass is 32.2. The second-order valence-electron chi connectivity index (χ2n) is 4.20. The maximum Gasteiger partial charge on any atom is 0.0573 e. The van der Waals surface area contributed by atoms with Crippen molar-refractivity contribution in [2.75, 3.05) is 35.8 Å². The van der Waals surface area contributed by atoms with Crippen molar-refractivity contribution in [3.8, 4) is 0 Å². The minimum absolute atomic E-state index is 0.543. The summed E-state index contributed by atoms with van der Waals surface area (Å²) in [5.74, 6) is 1.20. The van der Waals surface area contributed by atoms with E-state index in [2.05, 4.69) is 48.4 Å². The van der Waals surface area contributed by atoms with E-state index in [0.29, 0.717) is 6.04 Å². The van der Waals surface area contributed by atoms with Crippen LogP contribution in [0.5, 0.6) is 0 Å². The SMILES string of the molecule is CCNc1cncc(N(C)C(C)CCSC)c1. The van der Waals surface area contributed by atoms with Crippen LogP contribution in [0.4, 0.5) is 11.4 Å². The number of hydrogen-bond acceptors (Lipinski definition) is 4. The molecule has 1 aromatic heterocycles.